The highest BCUT2D eigenvalue weighted by atomic mass is 16.6. The number of nitro benzene ring substituents is 1. The van der Waals surface area contributed by atoms with Crippen LogP contribution in [0.4, 0.5) is 16.2 Å². The van der Waals surface area contributed by atoms with Crippen LogP contribution in [0, 0.1) is 10.1 Å². The van der Waals surface area contributed by atoms with Crippen molar-refractivity contribution in [3.05, 3.63) is 34.4 Å². The van der Waals surface area contributed by atoms with Gasteiger partial charge >= 0.3 is 6.09 Å². The molecule has 0 spiro atoms. The number of rotatable bonds is 9. The molecule has 2 amide bonds. The van der Waals surface area contributed by atoms with E-state index >= 15 is 0 Å². The number of nitrogens with one attached hydrogen (secondary N) is 2. The number of non-ortho nitro benzene ring substituents is 1. The summed E-state index contributed by atoms with van der Waals surface area (Å²) in [5.41, 5.74) is 0.859. The van der Waals surface area contributed by atoms with Gasteiger partial charge in [0.2, 0.25) is 5.91 Å². The maximum atomic E-state index is 12.0. The first-order chi connectivity index (χ1) is 13.5. The molecule has 1 aromatic rings. The number of amides is 2. The highest BCUT2D eigenvalue weighted by Gasteiger charge is 2.22. The van der Waals surface area contributed by atoms with E-state index in [0.717, 1.165) is 12.1 Å². The number of carbonyl (C=O) groups excluding carboxylic acids is 2. The van der Waals surface area contributed by atoms with Gasteiger partial charge in [-0.2, -0.15) is 0 Å². The van der Waals surface area contributed by atoms with Crippen molar-refractivity contribution in [3.8, 4) is 0 Å². The van der Waals surface area contributed by atoms with Crippen molar-refractivity contribution in [2.45, 2.75) is 13.3 Å². The molecular weight excluding hydrogens is 366 g/mol. The highest BCUT2D eigenvalue weighted by molar-refractivity contribution is 5.78. The van der Waals surface area contributed by atoms with Gasteiger partial charge in [-0.15, -0.1) is 0 Å². The number of piperazine rings is 1. The zero-order chi connectivity index (χ0) is 20.4. The lowest BCUT2D eigenvalue weighted by atomic mass is 10.3. The summed E-state index contributed by atoms with van der Waals surface area (Å²) in [6.45, 7) is 6.06. The molecule has 0 saturated carbocycles. The first kappa shape index (κ1) is 21.4. The number of hydrogen-bond acceptors (Lipinski definition) is 7. The first-order valence-electron chi connectivity index (χ1n) is 9.38. The number of anilines is 1. The Morgan fingerprint density at radius 3 is 2.43 bits per heavy atom. The Labute approximate surface area is 164 Å². The van der Waals surface area contributed by atoms with Gasteiger partial charge in [0.05, 0.1) is 18.1 Å². The van der Waals surface area contributed by atoms with Crippen LogP contribution in [0.15, 0.2) is 24.3 Å². The van der Waals surface area contributed by atoms with Crippen LogP contribution in [0.2, 0.25) is 0 Å². The minimum Gasteiger partial charge on any atom is -0.450 e. The summed E-state index contributed by atoms with van der Waals surface area (Å²) in [5.74, 6) is -0.0417. The summed E-state index contributed by atoms with van der Waals surface area (Å²) in [4.78, 5) is 37.5. The van der Waals surface area contributed by atoms with Crippen LogP contribution in [0.1, 0.15) is 13.3 Å². The van der Waals surface area contributed by atoms with Gasteiger partial charge in [-0.3, -0.25) is 19.8 Å². The summed E-state index contributed by atoms with van der Waals surface area (Å²) in [6.07, 6.45) is 0.437. The third-order valence-electron chi connectivity index (χ3n) is 4.35. The van der Waals surface area contributed by atoms with Crippen molar-refractivity contribution < 1.29 is 19.2 Å². The molecule has 1 aliphatic heterocycles. The van der Waals surface area contributed by atoms with E-state index in [0.29, 0.717) is 52.4 Å². The average molecular weight is 393 g/mol. The number of ether oxygens (including phenoxy) is 1. The fourth-order valence-electron chi connectivity index (χ4n) is 2.81. The van der Waals surface area contributed by atoms with Gasteiger partial charge in [0, 0.05) is 57.1 Å². The molecule has 0 atom stereocenters. The number of hydrogen-bond donors (Lipinski definition) is 2. The monoisotopic (exact) mass is 393 g/mol. The third kappa shape index (κ3) is 7.03. The van der Waals surface area contributed by atoms with Crippen molar-refractivity contribution in [3.63, 3.8) is 0 Å². The van der Waals surface area contributed by atoms with Gasteiger partial charge in [-0.25, -0.2) is 4.79 Å². The molecule has 1 aromatic carbocycles. The molecule has 0 aliphatic carbocycles. The van der Waals surface area contributed by atoms with Crippen LogP contribution in [0.3, 0.4) is 0 Å². The SMILES string of the molecule is CCOC(=O)N1CCN(CC(=O)NCCCNc2ccc([N+](=O)[O-])cc2)CC1. The summed E-state index contributed by atoms with van der Waals surface area (Å²) in [7, 11) is 0. The Bertz CT molecular complexity index is 659. The Morgan fingerprint density at radius 2 is 1.82 bits per heavy atom. The van der Waals surface area contributed by atoms with E-state index in [9.17, 15) is 19.7 Å². The van der Waals surface area contributed by atoms with Crippen LogP contribution in [-0.2, 0) is 9.53 Å². The molecule has 1 saturated heterocycles. The van der Waals surface area contributed by atoms with Crippen molar-refractivity contribution in [1.29, 1.82) is 0 Å². The van der Waals surface area contributed by atoms with Crippen molar-refractivity contribution in [1.82, 2.24) is 15.1 Å². The second-order valence-electron chi connectivity index (χ2n) is 6.40. The third-order valence-corrected chi connectivity index (χ3v) is 4.35. The summed E-state index contributed by atoms with van der Waals surface area (Å²) in [5, 5.41) is 16.6. The molecular formula is C18H27N5O5. The molecule has 0 aromatic heterocycles. The second-order valence-corrected chi connectivity index (χ2v) is 6.40. The summed E-state index contributed by atoms with van der Waals surface area (Å²) >= 11 is 0. The number of carbonyl (C=O) groups is 2. The fraction of sp³-hybridized carbons (Fsp3) is 0.556. The minimum absolute atomic E-state index is 0.0417. The molecule has 0 unspecified atom stereocenters. The smallest absolute Gasteiger partial charge is 0.409 e. The number of benzene rings is 1. The fourth-order valence-corrected chi connectivity index (χ4v) is 2.81. The van der Waals surface area contributed by atoms with Crippen LogP contribution in [0.5, 0.6) is 0 Å². The topological polar surface area (TPSA) is 117 Å². The second kappa shape index (κ2) is 11.1. The van der Waals surface area contributed by atoms with Crippen molar-refractivity contribution in [2.24, 2.45) is 0 Å². The van der Waals surface area contributed by atoms with E-state index in [4.69, 9.17) is 4.74 Å². The van der Waals surface area contributed by atoms with Crippen molar-refractivity contribution >= 4 is 23.4 Å². The molecule has 2 N–H and O–H groups in total. The number of nitro groups is 1. The van der Waals surface area contributed by atoms with Gasteiger partial charge < -0.3 is 20.3 Å². The molecule has 1 aliphatic rings. The minimum atomic E-state index is -0.435. The van der Waals surface area contributed by atoms with Crippen molar-refractivity contribution in [2.75, 3.05) is 57.7 Å². The Kier molecular flexibility index (Phi) is 8.47. The summed E-state index contributed by atoms with van der Waals surface area (Å²) < 4.78 is 4.98. The Hall–Kier alpha value is -2.88. The van der Waals surface area contributed by atoms with Crippen LogP contribution >= 0.6 is 0 Å². The zero-order valence-electron chi connectivity index (χ0n) is 16.1. The maximum absolute atomic E-state index is 12.0. The lowest BCUT2D eigenvalue weighted by molar-refractivity contribution is -0.384. The zero-order valence-corrected chi connectivity index (χ0v) is 16.1. The van der Waals surface area contributed by atoms with E-state index in [1.165, 1.54) is 12.1 Å². The quantitative estimate of drug-likeness (QED) is 0.369. The molecule has 10 heteroatoms. The normalized spacial score (nSPS) is 14.4. The number of nitrogens with zero attached hydrogens (tertiary/aromatic N) is 3. The van der Waals surface area contributed by atoms with E-state index < -0.39 is 4.92 Å². The highest BCUT2D eigenvalue weighted by Crippen LogP contribution is 2.15. The predicted octanol–water partition coefficient (Wildman–Crippen LogP) is 1.29. The van der Waals surface area contributed by atoms with Crippen LogP contribution in [-0.4, -0.2) is 79.1 Å². The average Bonchev–Trinajstić information content (AvgIpc) is 2.69. The lowest BCUT2D eigenvalue weighted by Crippen LogP contribution is -2.51. The predicted molar refractivity (Wildman–Crippen MR) is 104 cm³/mol. The van der Waals surface area contributed by atoms with Crippen LogP contribution in [0.25, 0.3) is 0 Å². The summed E-state index contributed by atoms with van der Waals surface area (Å²) in [6, 6.07) is 6.22. The van der Waals surface area contributed by atoms with Gasteiger partial charge in [-0.05, 0) is 25.5 Å². The van der Waals surface area contributed by atoms with Crippen LogP contribution < -0.4 is 10.6 Å². The van der Waals surface area contributed by atoms with E-state index in [-0.39, 0.29) is 17.7 Å². The molecule has 10 nitrogen and oxygen atoms in total. The van der Waals surface area contributed by atoms with E-state index in [2.05, 4.69) is 10.6 Å². The lowest BCUT2D eigenvalue weighted by Gasteiger charge is -2.33. The van der Waals surface area contributed by atoms with Gasteiger partial charge in [-0.1, -0.05) is 0 Å². The van der Waals surface area contributed by atoms with E-state index in [1.807, 2.05) is 4.90 Å². The largest absolute Gasteiger partial charge is 0.450 e. The van der Waals surface area contributed by atoms with E-state index in [1.54, 1.807) is 24.0 Å². The molecule has 0 bridgehead atoms. The molecule has 154 valence electrons. The maximum Gasteiger partial charge on any atom is 0.409 e. The molecule has 1 heterocycles. The Balaban J connectivity index is 1.55. The molecule has 1 fully saturated rings. The molecule has 28 heavy (non-hydrogen) atoms. The molecule has 2 rings (SSSR count). The Morgan fingerprint density at radius 1 is 1.14 bits per heavy atom. The van der Waals surface area contributed by atoms with Gasteiger partial charge in [0.15, 0.2) is 0 Å². The standard InChI is InChI=1S/C18H27N5O5/c1-2-28-18(25)22-12-10-21(11-13-22)14-17(24)20-9-3-8-19-15-4-6-16(7-5-15)23(26)27/h4-7,19H,2-3,8-14H2,1H3,(H,20,24). The molecule has 0 radical (unpaired) electrons. The first-order valence-corrected chi connectivity index (χ1v) is 9.38. The van der Waals surface area contributed by atoms with Gasteiger partial charge in [0.1, 0.15) is 0 Å². The van der Waals surface area contributed by atoms with Gasteiger partial charge in [0.25, 0.3) is 5.69 Å².